The first-order valence-electron chi connectivity index (χ1n) is 8.26. The van der Waals surface area contributed by atoms with Crippen molar-refractivity contribution in [3.05, 3.63) is 71.8 Å². The van der Waals surface area contributed by atoms with E-state index < -0.39 is 18.5 Å². The predicted octanol–water partition coefficient (Wildman–Crippen LogP) is 2.73. The fourth-order valence-corrected chi connectivity index (χ4v) is 2.75. The van der Waals surface area contributed by atoms with Gasteiger partial charge in [-0.3, -0.25) is 4.79 Å². The summed E-state index contributed by atoms with van der Waals surface area (Å²) in [4.78, 5) is 12.3. The van der Waals surface area contributed by atoms with E-state index in [1.165, 1.54) is 7.11 Å². The first kappa shape index (κ1) is 17.8. The van der Waals surface area contributed by atoms with E-state index in [4.69, 9.17) is 18.9 Å². The third-order valence-electron chi connectivity index (χ3n) is 4.06. The van der Waals surface area contributed by atoms with Gasteiger partial charge >= 0.3 is 0 Å². The number of carbonyl (C=O) groups is 1. The van der Waals surface area contributed by atoms with Gasteiger partial charge in [0.1, 0.15) is 18.8 Å². The zero-order valence-corrected chi connectivity index (χ0v) is 14.2. The van der Waals surface area contributed by atoms with Crippen LogP contribution >= 0.6 is 0 Å². The Morgan fingerprint density at radius 1 is 0.920 bits per heavy atom. The van der Waals surface area contributed by atoms with Crippen LogP contribution in [0.4, 0.5) is 0 Å². The van der Waals surface area contributed by atoms with E-state index in [0.717, 1.165) is 11.1 Å². The second-order valence-corrected chi connectivity index (χ2v) is 5.86. The Morgan fingerprint density at radius 2 is 1.48 bits per heavy atom. The molecular weight excluding hydrogens is 320 g/mol. The third-order valence-corrected chi connectivity index (χ3v) is 4.06. The lowest BCUT2D eigenvalue weighted by molar-refractivity contribution is -0.247. The Morgan fingerprint density at radius 3 is 2.04 bits per heavy atom. The van der Waals surface area contributed by atoms with Crippen molar-refractivity contribution in [1.29, 1.82) is 0 Å². The number of ketones is 1. The maximum absolute atomic E-state index is 12.3. The molecule has 0 saturated carbocycles. The molecule has 1 aliphatic rings. The average Bonchev–Trinajstić information content (AvgIpc) is 2.67. The number of benzene rings is 2. The average molecular weight is 342 g/mol. The van der Waals surface area contributed by atoms with Gasteiger partial charge in [0.2, 0.25) is 0 Å². The van der Waals surface area contributed by atoms with Crippen molar-refractivity contribution in [3.8, 4) is 0 Å². The van der Waals surface area contributed by atoms with Gasteiger partial charge in [-0.15, -0.1) is 0 Å². The second kappa shape index (κ2) is 8.87. The van der Waals surface area contributed by atoms with Gasteiger partial charge in [-0.05, 0) is 11.1 Å². The number of carbonyl (C=O) groups excluding carboxylic acids is 1. The predicted molar refractivity (Wildman–Crippen MR) is 91.8 cm³/mol. The van der Waals surface area contributed by atoms with Crippen molar-refractivity contribution in [2.24, 2.45) is 0 Å². The largest absolute Gasteiger partial charge is 0.365 e. The first-order chi connectivity index (χ1) is 12.3. The molecule has 0 aliphatic carbocycles. The quantitative estimate of drug-likeness (QED) is 0.774. The molecule has 0 unspecified atom stereocenters. The number of ether oxygens (including phenoxy) is 4. The summed E-state index contributed by atoms with van der Waals surface area (Å²) in [5, 5.41) is 0. The zero-order valence-electron chi connectivity index (χ0n) is 14.2. The lowest BCUT2D eigenvalue weighted by Crippen LogP contribution is -2.53. The summed E-state index contributed by atoms with van der Waals surface area (Å²) >= 11 is 0. The maximum Gasteiger partial charge on any atom is 0.190 e. The van der Waals surface area contributed by atoms with Crippen molar-refractivity contribution in [3.63, 3.8) is 0 Å². The van der Waals surface area contributed by atoms with Crippen LogP contribution in [0.1, 0.15) is 11.1 Å². The number of rotatable bonds is 7. The summed E-state index contributed by atoms with van der Waals surface area (Å²) in [6, 6.07) is 19.5. The molecule has 0 bridgehead atoms. The van der Waals surface area contributed by atoms with Crippen LogP contribution in [0.15, 0.2) is 60.7 Å². The van der Waals surface area contributed by atoms with Crippen LogP contribution in [0.3, 0.4) is 0 Å². The van der Waals surface area contributed by atoms with Crippen molar-refractivity contribution in [2.75, 3.05) is 13.7 Å². The van der Waals surface area contributed by atoms with Gasteiger partial charge in [0.15, 0.2) is 12.1 Å². The molecule has 1 fully saturated rings. The molecular formula is C20H22O5. The van der Waals surface area contributed by atoms with Gasteiger partial charge in [0, 0.05) is 7.11 Å². The highest BCUT2D eigenvalue weighted by Crippen LogP contribution is 2.22. The minimum absolute atomic E-state index is 0.0385. The standard InChI is InChI=1S/C20H22O5/c1-22-20-19(24-13-16-10-6-3-7-11-16)18(17(21)14-25-20)23-12-15-8-4-2-5-9-15/h2-11,18-20H,12-14H2,1H3/t18-,19+,20-/m1/s1. The fourth-order valence-electron chi connectivity index (χ4n) is 2.75. The topological polar surface area (TPSA) is 54.0 Å². The monoisotopic (exact) mass is 342 g/mol. The zero-order chi connectivity index (χ0) is 17.5. The molecule has 0 N–H and O–H groups in total. The molecule has 0 amide bonds. The van der Waals surface area contributed by atoms with E-state index in [0.29, 0.717) is 13.2 Å². The molecule has 0 aromatic heterocycles. The molecule has 5 heteroatoms. The highest BCUT2D eigenvalue weighted by molar-refractivity contribution is 5.85. The summed E-state index contributed by atoms with van der Waals surface area (Å²) in [6.45, 7) is 0.648. The number of hydrogen-bond acceptors (Lipinski definition) is 5. The van der Waals surface area contributed by atoms with Gasteiger partial charge in [-0.25, -0.2) is 0 Å². The molecule has 2 aromatic carbocycles. The Labute approximate surface area is 147 Å². The lowest BCUT2D eigenvalue weighted by Gasteiger charge is -2.35. The van der Waals surface area contributed by atoms with E-state index in [1.807, 2.05) is 60.7 Å². The van der Waals surface area contributed by atoms with E-state index in [1.54, 1.807) is 0 Å². The molecule has 5 nitrogen and oxygen atoms in total. The minimum Gasteiger partial charge on any atom is -0.365 e. The molecule has 1 aliphatic heterocycles. The smallest absolute Gasteiger partial charge is 0.190 e. The van der Waals surface area contributed by atoms with E-state index in [-0.39, 0.29) is 12.4 Å². The number of hydrogen-bond donors (Lipinski definition) is 0. The summed E-state index contributed by atoms with van der Waals surface area (Å²) in [6.07, 6.45) is -1.97. The number of Topliss-reactive ketones (excluding diaryl/α,β-unsaturated/α-hetero) is 1. The van der Waals surface area contributed by atoms with Crippen LogP contribution in [-0.2, 0) is 37.0 Å². The maximum atomic E-state index is 12.3. The molecule has 25 heavy (non-hydrogen) atoms. The Kier molecular flexibility index (Phi) is 6.30. The van der Waals surface area contributed by atoms with E-state index in [2.05, 4.69) is 0 Å². The Balaban J connectivity index is 1.68. The van der Waals surface area contributed by atoms with Crippen molar-refractivity contribution in [2.45, 2.75) is 31.7 Å². The van der Waals surface area contributed by atoms with Gasteiger partial charge in [-0.2, -0.15) is 0 Å². The van der Waals surface area contributed by atoms with Gasteiger partial charge in [-0.1, -0.05) is 60.7 Å². The van der Waals surface area contributed by atoms with E-state index >= 15 is 0 Å². The van der Waals surface area contributed by atoms with Crippen LogP contribution in [-0.4, -0.2) is 38.0 Å². The van der Waals surface area contributed by atoms with Crippen LogP contribution < -0.4 is 0 Å². The molecule has 1 saturated heterocycles. The Hall–Kier alpha value is -2.05. The molecule has 3 rings (SSSR count). The summed E-state index contributed by atoms with van der Waals surface area (Å²) in [5.74, 6) is -0.137. The summed E-state index contributed by atoms with van der Waals surface area (Å²) in [7, 11) is 1.54. The second-order valence-electron chi connectivity index (χ2n) is 5.86. The highest BCUT2D eigenvalue weighted by atomic mass is 16.7. The Bertz CT molecular complexity index is 658. The van der Waals surface area contributed by atoms with Gasteiger partial charge < -0.3 is 18.9 Å². The molecule has 2 aromatic rings. The molecule has 0 spiro atoms. The lowest BCUT2D eigenvalue weighted by atomic mass is 10.1. The van der Waals surface area contributed by atoms with Crippen LogP contribution in [0, 0.1) is 0 Å². The molecule has 1 heterocycles. The summed E-state index contributed by atoms with van der Waals surface area (Å²) in [5.41, 5.74) is 2.01. The van der Waals surface area contributed by atoms with E-state index in [9.17, 15) is 4.79 Å². The van der Waals surface area contributed by atoms with Crippen molar-refractivity contribution < 1.29 is 23.7 Å². The molecule has 132 valence electrons. The highest BCUT2D eigenvalue weighted by Gasteiger charge is 2.41. The normalized spacial score (nSPS) is 23.6. The third kappa shape index (κ3) is 4.74. The van der Waals surface area contributed by atoms with Gasteiger partial charge in [0.25, 0.3) is 0 Å². The fraction of sp³-hybridized carbons (Fsp3) is 0.350. The van der Waals surface area contributed by atoms with Crippen molar-refractivity contribution >= 4 is 5.78 Å². The first-order valence-corrected chi connectivity index (χ1v) is 8.26. The number of methoxy groups -OCH3 is 1. The van der Waals surface area contributed by atoms with Crippen molar-refractivity contribution in [1.82, 2.24) is 0 Å². The molecule has 3 atom stereocenters. The molecule has 0 radical (unpaired) electrons. The van der Waals surface area contributed by atoms with Crippen LogP contribution in [0.25, 0.3) is 0 Å². The van der Waals surface area contributed by atoms with Crippen LogP contribution in [0.5, 0.6) is 0 Å². The SMILES string of the molecule is CO[C@@H]1OCC(=O)[C@@H](OCc2ccccc2)[C@@H]1OCc1ccccc1. The summed E-state index contributed by atoms with van der Waals surface area (Å²) < 4.78 is 22.6. The van der Waals surface area contributed by atoms with Crippen LogP contribution in [0.2, 0.25) is 0 Å². The minimum atomic E-state index is -0.720. The van der Waals surface area contributed by atoms with Gasteiger partial charge in [0.05, 0.1) is 13.2 Å².